The van der Waals surface area contributed by atoms with Crippen LogP contribution in [0.25, 0.3) is 0 Å². The van der Waals surface area contributed by atoms with Crippen molar-refractivity contribution in [3.8, 4) is 5.75 Å². The second-order valence-electron chi connectivity index (χ2n) is 3.74. The van der Waals surface area contributed by atoms with Crippen LogP contribution in [0.3, 0.4) is 0 Å². The van der Waals surface area contributed by atoms with E-state index in [1.807, 2.05) is 18.2 Å². The highest BCUT2D eigenvalue weighted by Gasteiger charge is 2.11. The first-order valence-corrected chi connectivity index (χ1v) is 5.89. The molecule has 1 N–H and O–H groups in total. The predicted molar refractivity (Wildman–Crippen MR) is 65.8 cm³/mol. The fourth-order valence-electron chi connectivity index (χ4n) is 1.35. The second kappa shape index (κ2) is 5.89. The van der Waals surface area contributed by atoms with E-state index >= 15 is 0 Å². The number of aliphatic carboxylic acids is 1. The first-order chi connectivity index (χ1) is 7.54. The van der Waals surface area contributed by atoms with E-state index in [0.717, 1.165) is 22.2 Å². The van der Waals surface area contributed by atoms with Gasteiger partial charge in [0, 0.05) is 4.47 Å². The van der Waals surface area contributed by atoms with Crippen molar-refractivity contribution in [2.75, 3.05) is 7.11 Å². The Hall–Kier alpha value is -1.03. The van der Waals surface area contributed by atoms with Crippen molar-refractivity contribution in [1.29, 1.82) is 0 Å². The van der Waals surface area contributed by atoms with Gasteiger partial charge in [-0.25, -0.2) is 0 Å². The van der Waals surface area contributed by atoms with Crippen LogP contribution in [0.1, 0.15) is 18.9 Å². The highest BCUT2D eigenvalue weighted by atomic mass is 79.9. The molecule has 0 fully saturated rings. The van der Waals surface area contributed by atoms with Crippen LogP contribution >= 0.6 is 15.9 Å². The standard InChI is InChI=1S/C12H15BrO3/c1-8(12(14)15)3-4-9-5-6-10(16-2)7-11(9)13/h5-8H,3-4H2,1-2H3,(H,14,15). The van der Waals surface area contributed by atoms with Crippen LogP contribution in [-0.2, 0) is 11.2 Å². The lowest BCUT2D eigenvalue weighted by Gasteiger charge is -2.09. The van der Waals surface area contributed by atoms with Gasteiger partial charge in [-0.2, -0.15) is 0 Å². The smallest absolute Gasteiger partial charge is 0.306 e. The van der Waals surface area contributed by atoms with Crippen LogP contribution in [0.4, 0.5) is 0 Å². The Labute approximate surface area is 104 Å². The Bertz CT molecular complexity index is 377. The van der Waals surface area contributed by atoms with Gasteiger partial charge in [0.2, 0.25) is 0 Å². The summed E-state index contributed by atoms with van der Waals surface area (Å²) in [5.41, 5.74) is 1.11. The average molecular weight is 287 g/mol. The first-order valence-electron chi connectivity index (χ1n) is 5.09. The van der Waals surface area contributed by atoms with Gasteiger partial charge in [-0.05, 0) is 30.5 Å². The molecule has 88 valence electrons. The van der Waals surface area contributed by atoms with E-state index in [1.165, 1.54) is 0 Å². The monoisotopic (exact) mass is 286 g/mol. The van der Waals surface area contributed by atoms with Crippen LogP contribution in [0.2, 0.25) is 0 Å². The van der Waals surface area contributed by atoms with Crippen LogP contribution in [-0.4, -0.2) is 18.2 Å². The Morgan fingerprint density at radius 2 is 2.25 bits per heavy atom. The maximum atomic E-state index is 10.7. The molecule has 0 aliphatic rings. The maximum absolute atomic E-state index is 10.7. The number of methoxy groups -OCH3 is 1. The molecule has 0 aliphatic carbocycles. The number of benzene rings is 1. The molecule has 0 heterocycles. The summed E-state index contributed by atoms with van der Waals surface area (Å²) in [5.74, 6) is -0.263. The Balaban J connectivity index is 2.64. The van der Waals surface area contributed by atoms with Gasteiger partial charge in [0.1, 0.15) is 5.75 Å². The summed E-state index contributed by atoms with van der Waals surface area (Å²) in [6.07, 6.45) is 1.39. The number of carbonyl (C=O) groups is 1. The van der Waals surface area contributed by atoms with E-state index in [-0.39, 0.29) is 5.92 Å². The van der Waals surface area contributed by atoms with Gasteiger partial charge in [-0.15, -0.1) is 0 Å². The maximum Gasteiger partial charge on any atom is 0.306 e. The molecule has 4 heteroatoms. The fourth-order valence-corrected chi connectivity index (χ4v) is 1.91. The third-order valence-electron chi connectivity index (χ3n) is 2.53. The number of halogens is 1. The van der Waals surface area contributed by atoms with Gasteiger partial charge in [0.05, 0.1) is 13.0 Å². The Morgan fingerprint density at radius 3 is 2.75 bits per heavy atom. The zero-order chi connectivity index (χ0) is 12.1. The minimum absolute atomic E-state index is 0.311. The largest absolute Gasteiger partial charge is 0.497 e. The molecule has 0 radical (unpaired) electrons. The van der Waals surface area contributed by atoms with Crippen molar-refractivity contribution in [3.05, 3.63) is 28.2 Å². The molecule has 1 rings (SSSR count). The number of aryl methyl sites for hydroxylation is 1. The van der Waals surface area contributed by atoms with Crippen molar-refractivity contribution in [3.63, 3.8) is 0 Å². The second-order valence-corrected chi connectivity index (χ2v) is 4.59. The molecule has 3 nitrogen and oxygen atoms in total. The van der Waals surface area contributed by atoms with Gasteiger partial charge in [0.15, 0.2) is 0 Å². The van der Waals surface area contributed by atoms with Crippen LogP contribution in [0.5, 0.6) is 5.75 Å². The summed E-state index contributed by atoms with van der Waals surface area (Å²) in [6, 6.07) is 5.73. The van der Waals surface area contributed by atoms with E-state index in [0.29, 0.717) is 6.42 Å². The number of hydrogen-bond donors (Lipinski definition) is 1. The van der Waals surface area contributed by atoms with Gasteiger partial charge in [-0.3, -0.25) is 4.79 Å². The van der Waals surface area contributed by atoms with Gasteiger partial charge < -0.3 is 9.84 Å². The van der Waals surface area contributed by atoms with Crippen LogP contribution in [0, 0.1) is 5.92 Å². The molecular formula is C12H15BrO3. The third kappa shape index (κ3) is 3.52. The highest BCUT2D eigenvalue weighted by Crippen LogP contribution is 2.24. The lowest BCUT2D eigenvalue weighted by Crippen LogP contribution is -2.10. The number of carboxylic acid groups (broad SMARTS) is 1. The molecule has 1 unspecified atom stereocenters. The van der Waals surface area contributed by atoms with Gasteiger partial charge in [-0.1, -0.05) is 28.9 Å². The predicted octanol–water partition coefficient (Wildman–Crippen LogP) is 3.11. The summed E-state index contributed by atoms with van der Waals surface area (Å²) in [5, 5.41) is 8.78. The molecule has 0 amide bonds. The molecule has 1 atom stereocenters. The molecule has 1 aromatic rings. The van der Waals surface area contributed by atoms with Gasteiger partial charge in [0.25, 0.3) is 0 Å². The molecule has 0 aromatic heterocycles. The molecule has 0 spiro atoms. The van der Waals surface area contributed by atoms with Crippen LogP contribution < -0.4 is 4.74 Å². The first kappa shape index (κ1) is 13.0. The molecule has 0 bridgehead atoms. The molecule has 0 saturated carbocycles. The van der Waals surface area contributed by atoms with Crippen molar-refractivity contribution in [1.82, 2.24) is 0 Å². The quantitative estimate of drug-likeness (QED) is 0.905. The van der Waals surface area contributed by atoms with E-state index in [9.17, 15) is 4.79 Å². The summed E-state index contributed by atoms with van der Waals surface area (Å²) < 4.78 is 6.05. The Morgan fingerprint density at radius 1 is 1.56 bits per heavy atom. The zero-order valence-electron chi connectivity index (χ0n) is 9.37. The third-order valence-corrected chi connectivity index (χ3v) is 3.27. The van der Waals surface area contributed by atoms with Crippen molar-refractivity contribution < 1.29 is 14.6 Å². The summed E-state index contributed by atoms with van der Waals surface area (Å²) in [7, 11) is 1.62. The SMILES string of the molecule is COc1ccc(CCC(C)C(=O)O)c(Br)c1. The van der Waals surface area contributed by atoms with E-state index in [2.05, 4.69) is 15.9 Å². The van der Waals surface area contributed by atoms with Crippen molar-refractivity contribution in [2.45, 2.75) is 19.8 Å². The zero-order valence-corrected chi connectivity index (χ0v) is 11.0. The van der Waals surface area contributed by atoms with Crippen molar-refractivity contribution >= 4 is 21.9 Å². The molecule has 16 heavy (non-hydrogen) atoms. The highest BCUT2D eigenvalue weighted by molar-refractivity contribution is 9.10. The van der Waals surface area contributed by atoms with Crippen molar-refractivity contribution in [2.24, 2.45) is 5.92 Å². The Kier molecular flexibility index (Phi) is 4.80. The van der Waals surface area contributed by atoms with Crippen LogP contribution in [0.15, 0.2) is 22.7 Å². The molecule has 0 aliphatic heterocycles. The topological polar surface area (TPSA) is 46.5 Å². The summed E-state index contributed by atoms with van der Waals surface area (Å²) >= 11 is 3.45. The average Bonchev–Trinajstić information content (AvgIpc) is 2.26. The molecular weight excluding hydrogens is 272 g/mol. The molecule has 1 aromatic carbocycles. The summed E-state index contributed by atoms with van der Waals surface area (Å²) in [4.78, 5) is 10.7. The number of rotatable bonds is 5. The lowest BCUT2D eigenvalue weighted by molar-refractivity contribution is -0.141. The minimum Gasteiger partial charge on any atom is -0.497 e. The number of hydrogen-bond acceptors (Lipinski definition) is 2. The lowest BCUT2D eigenvalue weighted by atomic mass is 10.0. The van der Waals surface area contributed by atoms with E-state index < -0.39 is 5.97 Å². The summed E-state index contributed by atoms with van der Waals surface area (Å²) in [6.45, 7) is 1.72. The fraction of sp³-hybridized carbons (Fsp3) is 0.417. The number of carboxylic acids is 1. The van der Waals surface area contributed by atoms with Gasteiger partial charge >= 0.3 is 5.97 Å². The van der Waals surface area contributed by atoms with E-state index in [4.69, 9.17) is 9.84 Å². The normalized spacial score (nSPS) is 12.2. The number of ether oxygens (including phenoxy) is 1. The minimum atomic E-state index is -0.746. The molecule has 0 saturated heterocycles. The van der Waals surface area contributed by atoms with E-state index in [1.54, 1.807) is 14.0 Å².